The Hall–Kier alpha value is -3.16. The van der Waals surface area contributed by atoms with Crippen molar-refractivity contribution in [3.05, 3.63) is 71.2 Å². The van der Waals surface area contributed by atoms with Crippen LogP contribution in [0.25, 0.3) is 5.57 Å². The van der Waals surface area contributed by atoms with Crippen molar-refractivity contribution >= 4 is 17.8 Å². The Morgan fingerprint density at radius 2 is 1.90 bits per heavy atom. The molecule has 0 saturated heterocycles. The van der Waals surface area contributed by atoms with E-state index in [-0.39, 0.29) is 18.8 Å². The van der Waals surface area contributed by atoms with Crippen molar-refractivity contribution in [2.75, 3.05) is 6.73 Å². The van der Waals surface area contributed by atoms with Gasteiger partial charge in [-0.05, 0) is 31.5 Å². The summed E-state index contributed by atoms with van der Waals surface area (Å²) in [5.41, 5.74) is -1.31. The second kappa shape index (κ2) is 7.69. The smallest absolute Gasteiger partial charge is 0.416 e. The van der Waals surface area contributed by atoms with E-state index in [1.807, 2.05) is 0 Å². The van der Waals surface area contributed by atoms with Gasteiger partial charge in [-0.2, -0.15) is 13.2 Å². The third-order valence-electron chi connectivity index (χ3n) is 4.84. The molecule has 1 aliphatic rings. The van der Waals surface area contributed by atoms with Crippen LogP contribution in [0.3, 0.4) is 0 Å². The summed E-state index contributed by atoms with van der Waals surface area (Å²) in [6, 6.07) is 10.6. The Morgan fingerprint density at radius 3 is 2.52 bits per heavy atom. The molecular formula is C21H19F3N2O3. The summed E-state index contributed by atoms with van der Waals surface area (Å²) in [5, 5.41) is 0. The zero-order valence-corrected chi connectivity index (χ0v) is 15.9. The van der Waals surface area contributed by atoms with Gasteiger partial charge in [-0.3, -0.25) is 14.7 Å². The summed E-state index contributed by atoms with van der Waals surface area (Å²) >= 11 is 0. The third kappa shape index (κ3) is 4.16. The fourth-order valence-electron chi connectivity index (χ4n) is 3.21. The number of halogens is 3. The van der Waals surface area contributed by atoms with Crippen LogP contribution in [0.15, 0.2) is 54.4 Å². The van der Waals surface area contributed by atoms with Gasteiger partial charge in [0, 0.05) is 18.3 Å². The Kier molecular flexibility index (Phi) is 5.46. The number of ether oxygens (including phenoxy) is 1. The summed E-state index contributed by atoms with van der Waals surface area (Å²) in [7, 11) is 0. The predicted octanol–water partition coefficient (Wildman–Crippen LogP) is 3.85. The highest BCUT2D eigenvalue weighted by molar-refractivity contribution is 6.21. The van der Waals surface area contributed by atoms with E-state index >= 15 is 0 Å². The number of amides is 1. The lowest BCUT2D eigenvalue weighted by Gasteiger charge is -2.40. The largest absolute Gasteiger partial charge is 0.477 e. The molecule has 0 N–H and O–H groups in total. The Morgan fingerprint density at radius 1 is 1.21 bits per heavy atom. The van der Waals surface area contributed by atoms with Gasteiger partial charge < -0.3 is 9.53 Å². The first kappa shape index (κ1) is 20.6. The van der Waals surface area contributed by atoms with Gasteiger partial charge in [-0.1, -0.05) is 30.3 Å². The average molecular weight is 404 g/mol. The van der Waals surface area contributed by atoms with E-state index in [0.717, 1.165) is 18.3 Å². The second-order valence-electron chi connectivity index (χ2n) is 6.99. The molecule has 2 aromatic rings. The van der Waals surface area contributed by atoms with Gasteiger partial charge in [0.1, 0.15) is 17.6 Å². The van der Waals surface area contributed by atoms with E-state index in [1.165, 1.54) is 11.8 Å². The number of carbonyl (C=O) groups excluding carboxylic acids is 2. The molecule has 29 heavy (non-hydrogen) atoms. The molecule has 0 radical (unpaired) electrons. The highest BCUT2D eigenvalue weighted by atomic mass is 19.4. The highest BCUT2D eigenvalue weighted by Gasteiger charge is 2.41. The van der Waals surface area contributed by atoms with Gasteiger partial charge in [-0.15, -0.1) is 0 Å². The van der Waals surface area contributed by atoms with Gasteiger partial charge in [0.2, 0.25) is 0 Å². The fraction of sp³-hybridized carbons (Fsp3) is 0.286. The van der Waals surface area contributed by atoms with Crippen LogP contribution in [0.4, 0.5) is 13.2 Å². The monoisotopic (exact) mass is 404 g/mol. The van der Waals surface area contributed by atoms with Crippen molar-refractivity contribution in [3.8, 4) is 0 Å². The maximum Gasteiger partial charge on any atom is 0.416 e. The summed E-state index contributed by atoms with van der Waals surface area (Å²) in [6.07, 6.45) is -3.13. The topological polar surface area (TPSA) is 59.5 Å². The molecule has 152 valence electrons. The lowest BCUT2D eigenvalue weighted by molar-refractivity contribution is -0.144. The zero-order valence-electron chi connectivity index (χ0n) is 15.9. The minimum Gasteiger partial charge on any atom is -0.477 e. The minimum absolute atomic E-state index is 0.0507. The first-order valence-electron chi connectivity index (χ1n) is 8.85. The van der Waals surface area contributed by atoms with Crippen LogP contribution in [0.5, 0.6) is 0 Å². The van der Waals surface area contributed by atoms with Crippen molar-refractivity contribution < 1.29 is 27.5 Å². The van der Waals surface area contributed by atoms with Crippen LogP contribution in [0.1, 0.15) is 30.7 Å². The summed E-state index contributed by atoms with van der Waals surface area (Å²) in [6.45, 7) is 2.95. The summed E-state index contributed by atoms with van der Waals surface area (Å²) in [4.78, 5) is 30.3. The maximum atomic E-state index is 13.2. The molecule has 8 heteroatoms. The molecule has 1 aromatic carbocycles. The van der Waals surface area contributed by atoms with Crippen LogP contribution in [0.2, 0.25) is 0 Å². The zero-order chi connectivity index (χ0) is 21.2. The highest BCUT2D eigenvalue weighted by Crippen LogP contribution is 2.33. The van der Waals surface area contributed by atoms with E-state index < -0.39 is 23.2 Å². The number of pyridine rings is 1. The summed E-state index contributed by atoms with van der Waals surface area (Å²) < 4.78 is 44.6. The SMILES string of the molecule is CC1=C(c2ccccc2)C(=O)N(C(C)(C=O)Cc2cc(C(F)(F)F)ccn2)CO1. The lowest BCUT2D eigenvalue weighted by Crippen LogP contribution is -2.55. The Bertz CT molecular complexity index is 957. The van der Waals surface area contributed by atoms with Crippen LogP contribution in [0, 0.1) is 0 Å². The van der Waals surface area contributed by atoms with Crippen molar-refractivity contribution in [2.45, 2.75) is 32.0 Å². The Labute approximate surface area is 165 Å². The molecule has 0 fully saturated rings. The first-order chi connectivity index (χ1) is 13.7. The molecule has 0 aliphatic carbocycles. The minimum atomic E-state index is -4.53. The van der Waals surface area contributed by atoms with Crippen LogP contribution in [-0.2, 0) is 26.9 Å². The van der Waals surface area contributed by atoms with Gasteiger partial charge in [0.25, 0.3) is 5.91 Å². The molecule has 0 spiro atoms. The van der Waals surface area contributed by atoms with E-state index in [4.69, 9.17) is 4.74 Å². The molecule has 1 unspecified atom stereocenters. The van der Waals surface area contributed by atoms with Crippen LogP contribution >= 0.6 is 0 Å². The van der Waals surface area contributed by atoms with E-state index in [2.05, 4.69) is 4.98 Å². The normalized spacial score (nSPS) is 17.0. The van der Waals surface area contributed by atoms with Gasteiger partial charge in [0.05, 0.1) is 11.1 Å². The molecule has 5 nitrogen and oxygen atoms in total. The van der Waals surface area contributed by atoms with Crippen molar-refractivity contribution in [2.24, 2.45) is 0 Å². The van der Waals surface area contributed by atoms with Gasteiger partial charge in [-0.25, -0.2) is 0 Å². The molecule has 1 atom stereocenters. The van der Waals surface area contributed by atoms with E-state index in [9.17, 15) is 22.8 Å². The number of allylic oxidation sites excluding steroid dienone is 1. The van der Waals surface area contributed by atoms with E-state index in [0.29, 0.717) is 23.2 Å². The van der Waals surface area contributed by atoms with E-state index in [1.54, 1.807) is 37.3 Å². The molecule has 0 bridgehead atoms. The Balaban J connectivity index is 1.93. The third-order valence-corrected chi connectivity index (χ3v) is 4.84. The molecule has 1 aliphatic heterocycles. The lowest BCUT2D eigenvalue weighted by atomic mass is 9.92. The predicted molar refractivity (Wildman–Crippen MR) is 99.2 cm³/mol. The van der Waals surface area contributed by atoms with Gasteiger partial charge >= 0.3 is 6.18 Å². The number of aldehydes is 1. The standard InChI is InChI=1S/C21H19F3N2O3/c1-14-18(15-6-4-3-5-7-15)19(28)26(13-29-14)20(2,12-27)11-17-10-16(8-9-25-17)21(22,23)24/h3-10,12H,11,13H2,1-2H3. The number of hydrogen-bond donors (Lipinski definition) is 0. The number of alkyl halides is 3. The number of hydrogen-bond acceptors (Lipinski definition) is 4. The molecular weight excluding hydrogens is 385 g/mol. The number of carbonyl (C=O) groups is 2. The molecule has 0 saturated carbocycles. The quantitative estimate of drug-likeness (QED) is 0.711. The number of nitrogens with zero attached hydrogens (tertiary/aromatic N) is 2. The molecule has 1 amide bonds. The molecule has 2 heterocycles. The fourth-order valence-corrected chi connectivity index (χ4v) is 3.21. The summed E-state index contributed by atoms with van der Waals surface area (Å²) in [5.74, 6) is -0.00980. The number of rotatable bonds is 5. The van der Waals surface area contributed by atoms with Crippen molar-refractivity contribution in [3.63, 3.8) is 0 Å². The van der Waals surface area contributed by atoms with Gasteiger partial charge in [0.15, 0.2) is 6.73 Å². The number of benzene rings is 1. The van der Waals surface area contributed by atoms with Crippen LogP contribution < -0.4 is 0 Å². The first-order valence-corrected chi connectivity index (χ1v) is 8.85. The van der Waals surface area contributed by atoms with Crippen molar-refractivity contribution in [1.82, 2.24) is 9.88 Å². The van der Waals surface area contributed by atoms with Crippen LogP contribution in [-0.4, -0.2) is 34.3 Å². The number of aromatic nitrogens is 1. The molecule has 1 aromatic heterocycles. The average Bonchev–Trinajstić information content (AvgIpc) is 2.68. The second-order valence-corrected chi connectivity index (χ2v) is 6.99. The molecule has 3 rings (SSSR count). The maximum absolute atomic E-state index is 13.2. The van der Waals surface area contributed by atoms with Crippen molar-refractivity contribution in [1.29, 1.82) is 0 Å².